The molecule has 0 bridgehead atoms. The second-order valence-corrected chi connectivity index (χ2v) is 4.50. The number of benzene rings is 1. The van der Waals surface area contributed by atoms with E-state index in [1.807, 2.05) is 6.92 Å². The summed E-state index contributed by atoms with van der Waals surface area (Å²) in [5, 5.41) is 16.8. The lowest BCUT2D eigenvalue weighted by atomic mass is 10.0. The van der Waals surface area contributed by atoms with Crippen LogP contribution in [-0.2, 0) is 11.2 Å². The molecule has 1 atom stereocenters. The Morgan fingerprint density at radius 1 is 1.53 bits per heavy atom. The molecule has 1 aromatic carbocycles. The molecule has 0 aromatic heterocycles. The molecule has 1 heterocycles. The van der Waals surface area contributed by atoms with Crippen LogP contribution in [0, 0.1) is 10.1 Å². The zero-order chi connectivity index (χ0) is 14.0. The maximum Gasteiger partial charge on any atom is 0.294 e. The number of amides is 1. The number of carbonyl (C=O) groups excluding carboxylic acids is 1. The van der Waals surface area contributed by atoms with E-state index in [1.165, 1.54) is 6.07 Å². The number of hydrogen-bond acceptors (Lipinski definition) is 4. The predicted octanol–water partition coefficient (Wildman–Crippen LogP) is 2.47. The summed E-state index contributed by atoms with van der Waals surface area (Å²) in [5.41, 5.74) is 1.84. The lowest BCUT2D eigenvalue weighted by Gasteiger charge is -2.19. The molecule has 1 amide bonds. The molecule has 0 saturated heterocycles. The van der Waals surface area contributed by atoms with Gasteiger partial charge in [0.1, 0.15) is 5.69 Å². The summed E-state index contributed by atoms with van der Waals surface area (Å²) in [4.78, 5) is 21.9. The van der Waals surface area contributed by atoms with Gasteiger partial charge in [0.25, 0.3) is 5.69 Å². The highest BCUT2D eigenvalue weighted by Gasteiger charge is 2.22. The van der Waals surface area contributed by atoms with Crippen molar-refractivity contribution >= 4 is 23.0 Å². The fourth-order valence-corrected chi connectivity index (χ4v) is 1.99. The molecule has 0 fully saturated rings. The smallest absolute Gasteiger partial charge is 0.294 e. The lowest BCUT2D eigenvalue weighted by Crippen LogP contribution is -2.20. The van der Waals surface area contributed by atoms with Crippen molar-refractivity contribution < 1.29 is 9.72 Å². The number of anilines is 2. The molecule has 2 rings (SSSR count). The number of nitrogens with one attached hydrogen (secondary N) is 2. The number of nitro groups is 1. The van der Waals surface area contributed by atoms with Crippen LogP contribution < -0.4 is 10.6 Å². The quantitative estimate of drug-likeness (QED) is 0.495. The molecule has 0 spiro atoms. The minimum atomic E-state index is -0.459. The minimum absolute atomic E-state index is 0.0466. The summed E-state index contributed by atoms with van der Waals surface area (Å²) in [6.07, 6.45) is 2.67. The van der Waals surface area contributed by atoms with Crippen LogP contribution in [-0.4, -0.2) is 16.9 Å². The van der Waals surface area contributed by atoms with Gasteiger partial charge in [-0.3, -0.25) is 14.9 Å². The number of aryl methyl sites for hydroxylation is 1. The van der Waals surface area contributed by atoms with Gasteiger partial charge < -0.3 is 10.6 Å². The molecule has 6 nitrogen and oxygen atoms in total. The molecular weight excluding hydrogens is 246 g/mol. The average Bonchev–Trinajstić information content (AvgIpc) is 2.37. The van der Waals surface area contributed by atoms with Crippen LogP contribution in [0.2, 0.25) is 0 Å². The molecule has 2 N–H and O–H groups in total. The van der Waals surface area contributed by atoms with Crippen LogP contribution >= 0.6 is 0 Å². The zero-order valence-corrected chi connectivity index (χ0v) is 10.6. The maximum atomic E-state index is 11.3. The molecular formula is C13H15N3O3. The second-order valence-electron chi connectivity index (χ2n) is 4.50. The van der Waals surface area contributed by atoms with E-state index < -0.39 is 4.92 Å². The molecule has 1 aromatic rings. The molecule has 0 radical (unpaired) electrons. The highest BCUT2D eigenvalue weighted by molar-refractivity contribution is 5.95. The van der Waals surface area contributed by atoms with Crippen molar-refractivity contribution in [3.05, 3.63) is 40.5 Å². The Morgan fingerprint density at radius 3 is 2.89 bits per heavy atom. The summed E-state index contributed by atoms with van der Waals surface area (Å²) < 4.78 is 0. The zero-order valence-electron chi connectivity index (χ0n) is 10.6. The highest BCUT2D eigenvalue weighted by Crippen LogP contribution is 2.34. The van der Waals surface area contributed by atoms with Crippen molar-refractivity contribution in [3.63, 3.8) is 0 Å². The first-order valence-electron chi connectivity index (χ1n) is 6.01. The van der Waals surface area contributed by atoms with Gasteiger partial charge in [-0.15, -0.1) is 6.58 Å². The maximum absolute atomic E-state index is 11.3. The topological polar surface area (TPSA) is 84.3 Å². The number of nitrogens with zero attached hydrogens (tertiary/aromatic N) is 1. The van der Waals surface area contributed by atoms with E-state index in [0.29, 0.717) is 24.2 Å². The van der Waals surface area contributed by atoms with Crippen LogP contribution in [0.5, 0.6) is 0 Å². The van der Waals surface area contributed by atoms with Gasteiger partial charge in [0, 0.05) is 18.5 Å². The van der Waals surface area contributed by atoms with Crippen LogP contribution in [0.25, 0.3) is 0 Å². The van der Waals surface area contributed by atoms with Crippen molar-refractivity contribution in [1.82, 2.24) is 0 Å². The van der Waals surface area contributed by atoms with Gasteiger partial charge in [-0.05, 0) is 25.0 Å². The average molecular weight is 261 g/mol. The highest BCUT2D eigenvalue weighted by atomic mass is 16.6. The molecule has 100 valence electrons. The van der Waals surface area contributed by atoms with Gasteiger partial charge in [-0.25, -0.2) is 0 Å². The number of fused-ring (bicyclic) bond motifs is 1. The number of nitro benzene ring substituents is 1. The van der Waals surface area contributed by atoms with Crippen LogP contribution in [0.3, 0.4) is 0 Å². The van der Waals surface area contributed by atoms with Gasteiger partial charge in [-0.1, -0.05) is 6.08 Å². The van der Waals surface area contributed by atoms with Gasteiger partial charge in [-0.2, -0.15) is 0 Å². The summed E-state index contributed by atoms with van der Waals surface area (Å²) in [7, 11) is 0. The van der Waals surface area contributed by atoms with E-state index in [9.17, 15) is 14.9 Å². The van der Waals surface area contributed by atoms with Crippen molar-refractivity contribution in [2.45, 2.75) is 25.8 Å². The first-order chi connectivity index (χ1) is 9.01. The summed E-state index contributed by atoms with van der Waals surface area (Å²) >= 11 is 0. The normalized spacial score (nSPS) is 15.1. The number of carbonyl (C=O) groups is 1. The van der Waals surface area contributed by atoms with Crippen molar-refractivity contribution in [3.8, 4) is 0 Å². The van der Waals surface area contributed by atoms with Gasteiger partial charge >= 0.3 is 0 Å². The van der Waals surface area contributed by atoms with E-state index >= 15 is 0 Å². The van der Waals surface area contributed by atoms with E-state index in [0.717, 1.165) is 5.56 Å². The first kappa shape index (κ1) is 13.1. The Labute approximate surface area is 110 Å². The SMILES string of the molecule is C=CC(C)Nc1cc2c(cc1[N+](=O)[O-])NC(=O)CC2. The van der Waals surface area contributed by atoms with Crippen molar-refractivity contribution in [2.75, 3.05) is 10.6 Å². The molecule has 0 saturated carbocycles. The van der Waals surface area contributed by atoms with Crippen molar-refractivity contribution in [2.24, 2.45) is 0 Å². The lowest BCUT2D eigenvalue weighted by molar-refractivity contribution is -0.383. The number of rotatable bonds is 4. The van der Waals surface area contributed by atoms with E-state index in [-0.39, 0.29) is 17.6 Å². The third kappa shape index (κ3) is 2.73. The van der Waals surface area contributed by atoms with Gasteiger partial charge in [0.05, 0.1) is 10.6 Å². The van der Waals surface area contributed by atoms with Gasteiger partial charge in [0.2, 0.25) is 5.91 Å². The van der Waals surface area contributed by atoms with Crippen molar-refractivity contribution in [1.29, 1.82) is 0 Å². The van der Waals surface area contributed by atoms with E-state index in [4.69, 9.17) is 0 Å². The fourth-order valence-electron chi connectivity index (χ4n) is 1.99. The van der Waals surface area contributed by atoms with Crippen LogP contribution in [0.1, 0.15) is 18.9 Å². The number of hydrogen-bond donors (Lipinski definition) is 2. The van der Waals surface area contributed by atoms with Gasteiger partial charge in [0.15, 0.2) is 0 Å². The molecule has 19 heavy (non-hydrogen) atoms. The standard InChI is InChI=1S/C13H15N3O3/c1-3-8(2)14-11-6-9-4-5-13(17)15-10(9)7-12(11)16(18)19/h3,6-8,14H,1,4-5H2,2H3,(H,15,17). The summed E-state index contributed by atoms with van der Waals surface area (Å²) in [6.45, 7) is 5.50. The molecule has 6 heteroatoms. The largest absolute Gasteiger partial charge is 0.374 e. The third-order valence-corrected chi connectivity index (χ3v) is 3.05. The van der Waals surface area contributed by atoms with Crippen LogP contribution in [0.15, 0.2) is 24.8 Å². The molecule has 0 aliphatic carbocycles. The Balaban J connectivity index is 2.44. The molecule has 1 aliphatic rings. The predicted molar refractivity (Wildman–Crippen MR) is 73.3 cm³/mol. The fraction of sp³-hybridized carbons (Fsp3) is 0.308. The Bertz CT molecular complexity index is 554. The summed E-state index contributed by atoms with van der Waals surface area (Å²) in [6, 6.07) is 3.06. The Morgan fingerprint density at radius 2 is 2.26 bits per heavy atom. The second kappa shape index (κ2) is 5.09. The van der Waals surface area contributed by atoms with Crippen LogP contribution in [0.4, 0.5) is 17.1 Å². The van der Waals surface area contributed by atoms with E-state index in [1.54, 1.807) is 12.1 Å². The Hall–Kier alpha value is -2.37. The first-order valence-corrected chi connectivity index (χ1v) is 6.01. The monoisotopic (exact) mass is 261 g/mol. The molecule has 1 aliphatic heterocycles. The summed E-state index contributed by atoms with van der Waals surface area (Å²) in [5.74, 6) is -0.109. The van der Waals surface area contributed by atoms with E-state index in [2.05, 4.69) is 17.2 Å². The third-order valence-electron chi connectivity index (χ3n) is 3.05. The molecule has 1 unspecified atom stereocenters. The Kier molecular flexibility index (Phi) is 3.50. The minimum Gasteiger partial charge on any atom is -0.374 e.